The highest BCUT2D eigenvalue weighted by atomic mass is 14.9. The molecule has 0 amide bonds. The molecule has 1 heteroatoms. The molecular formula is C63H123N. The van der Waals surface area contributed by atoms with Crippen LogP contribution in [0.3, 0.4) is 0 Å². The fourth-order valence-corrected chi connectivity index (χ4v) is 9.72. The Morgan fingerprint density at radius 3 is 0.641 bits per heavy atom. The summed E-state index contributed by atoms with van der Waals surface area (Å²) in [6.07, 6.45) is 88.3. The van der Waals surface area contributed by atoms with E-state index in [2.05, 4.69) is 62.5 Å². The first-order valence-electron chi connectivity index (χ1n) is 30.5. The Hall–Kier alpha value is -0.820. The van der Waals surface area contributed by atoms with Gasteiger partial charge >= 0.3 is 0 Å². The van der Waals surface area contributed by atoms with E-state index in [1.807, 2.05) is 0 Å². The molecule has 0 aliphatic heterocycles. The quantitative estimate of drug-likeness (QED) is 0.0474. The molecule has 0 aliphatic rings. The monoisotopic (exact) mass is 894 g/mol. The van der Waals surface area contributed by atoms with Gasteiger partial charge in [-0.25, -0.2) is 0 Å². The minimum atomic E-state index is 0.763. The van der Waals surface area contributed by atoms with Crippen molar-refractivity contribution in [1.29, 1.82) is 0 Å². The number of rotatable bonds is 57. The zero-order valence-electron chi connectivity index (χ0n) is 45.0. The number of hydrogen-bond acceptors (Lipinski definition) is 1. The number of allylic oxidation sites excluding steroid dienone is 6. The lowest BCUT2D eigenvalue weighted by Crippen LogP contribution is -2.30. The molecule has 0 aromatic heterocycles. The summed E-state index contributed by atoms with van der Waals surface area (Å²) in [5, 5.41) is 4.07. The van der Waals surface area contributed by atoms with E-state index in [0.717, 1.165) is 6.04 Å². The van der Waals surface area contributed by atoms with Crippen molar-refractivity contribution in [3.8, 4) is 0 Å². The third-order valence-corrected chi connectivity index (χ3v) is 14.3. The highest BCUT2D eigenvalue weighted by molar-refractivity contribution is 4.83. The topological polar surface area (TPSA) is 12.0 Å². The van der Waals surface area contributed by atoms with Crippen molar-refractivity contribution in [3.63, 3.8) is 0 Å². The van der Waals surface area contributed by atoms with Crippen LogP contribution in [-0.4, -0.2) is 12.6 Å². The average Bonchev–Trinajstić information content (AvgIpc) is 3.30. The molecule has 0 saturated carbocycles. The van der Waals surface area contributed by atoms with Crippen molar-refractivity contribution in [3.05, 3.63) is 36.5 Å². The molecule has 380 valence electrons. The predicted molar refractivity (Wildman–Crippen MR) is 296 cm³/mol. The second-order valence-electron chi connectivity index (χ2n) is 20.9. The second kappa shape index (κ2) is 60.2. The molecule has 0 rings (SSSR count). The van der Waals surface area contributed by atoms with Crippen LogP contribution in [0.25, 0.3) is 0 Å². The van der Waals surface area contributed by atoms with Crippen molar-refractivity contribution in [1.82, 2.24) is 5.32 Å². The second-order valence-corrected chi connectivity index (χ2v) is 20.9. The Morgan fingerprint density at radius 1 is 0.219 bits per heavy atom. The van der Waals surface area contributed by atoms with Crippen LogP contribution >= 0.6 is 0 Å². The van der Waals surface area contributed by atoms with Gasteiger partial charge in [0.1, 0.15) is 0 Å². The van der Waals surface area contributed by atoms with E-state index < -0.39 is 0 Å². The van der Waals surface area contributed by atoms with Gasteiger partial charge in [0.05, 0.1) is 0 Å². The molecule has 0 bridgehead atoms. The minimum absolute atomic E-state index is 0.763. The van der Waals surface area contributed by atoms with Crippen LogP contribution in [0.2, 0.25) is 0 Å². The average molecular weight is 895 g/mol. The van der Waals surface area contributed by atoms with Gasteiger partial charge in [-0.1, -0.05) is 295 Å². The first-order valence-corrected chi connectivity index (χ1v) is 30.5. The predicted octanol–water partition coefficient (Wildman–Crippen LogP) is 23.0. The number of hydrogen-bond donors (Lipinski definition) is 1. The third kappa shape index (κ3) is 57.3. The molecule has 64 heavy (non-hydrogen) atoms. The molecule has 0 aromatic carbocycles. The molecule has 0 atom stereocenters. The molecule has 1 nitrogen and oxygen atoms in total. The number of unbranched alkanes of at least 4 members (excludes halogenated alkanes) is 44. The molecular weight excluding hydrogens is 771 g/mol. The molecule has 0 aromatic rings. The molecule has 0 saturated heterocycles. The van der Waals surface area contributed by atoms with Crippen molar-refractivity contribution in [2.45, 2.75) is 361 Å². The lowest BCUT2D eigenvalue weighted by atomic mass is 9.99. The molecule has 0 heterocycles. The van der Waals surface area contributed by atoms with E-state index in [-0.39, 0.29) is 0 Å². The molecule has 1 N–H and O–H groups in total. The summed E-state index contributed by atoms with van der Waals surface area (Å²) in [6.45, 7) is 8.17. The SMILES string of the molecule is CCCCCCCCC=CCCCCCCCCCCCCC(CCCCCCCCCCCCC=CCCCCCCCC)NCCCCCCCCC=CCCCCCCCC. The summed E-state index contributed by atoms with van der Waals surface area (Å²) in [4.78, 5) is 0. The zero-order chi connectivity index (χ0) is 46.0. The Bertz CT molecular complexity index is 834. The van der Waals surface area contributed by atoms with Gasteiger partial charge < -0.3 is 5.32 Å². The van der Waals surface area contributed by atoms with Gasteiger partial charge in [-0.15, -0.1) is 0 Å². The van der Waals surface area contributed by atoms with Gasteiger partial charge in [0, 0.05) is 6.04 Å². The van der Waals surface area contributed by atoms with E-state index in [4.69, 9.17) is 0 Å². The highest BCUT2D eigenvalue weighted by Gasteiger charge is 2.08. The summed E-state index contributed by atoms with van der Waals surface area (Å²) in [6, 6.07) is 0.763. The summed E-state index contributed by atoms with van der Waals surface area (Å²) in [5.74, 6) is 0. The molecule has 0 unspecified atom stereocenters. The summed E-state index contributed by atoms with van der Waals surface area (Å²) >= 11 is 0. The van der Waals surface area contributed by atoms with E-state index in [0.29, 0.717) is 0 Å². The van der Waals surface area contributed by atoms with Gasteiger partial charge in [0.25, 0.3) is 0 Å². The standard InChI is InChI=1S/C63H123N/c1-4-7-10-13-16-19-22-25-28-31-33-35-37-39-42-45-48-51-54-57-60-63(64-62-59-56-53-50-47-44-41-30-27-24-21-18-15-12-9-6-3)61-58-55-52-49-46-43-40-38-36-34-32-29-26-23-20-17-14-11-8-5-2/h25-30,63-64H,4-24,31-62H2,1-3H3. The largest absolute Gasteiger partial charge is 0.314 e. The first-order chi connectivity index (χ1) is 31.8. The maximum absolute atomic E-state index is 4.07. The molecule has 0 radical (unpaired) electrons. The smallest absolute Gasteiger partial charge is 0.00670 e. The van der Waals surface area contributed by atoms with Crippen LogP contribution in [-0.2, 0) is 0 Å². The van der Waals surface area contributed by atoms with Crippen LogP contribution in [0.15, 0.2) is 36.5 Å². The van der Waals surface area contributed by atoms with E-state index in [1.54, 1.807) is 0 Å². The Balaban J connectivity index is 4.04. The lowest BCUT2D eigenvalue weighted by Gasteiger charge is -2.19. The fourth-order valence-electron chi connectivity index (χ4n) is 9.72. The number of nitrogens with one attached hydrogen (secondary N) is 1. The minimum Gasteiger partial charge on any atom is -0.314 e. The molecule has 0 aliphatic carbocycles. The third-order valence-electron chi connectivity index (χ3n) is 14.3. The van der Waals surface area contributed by atoms with Crippen molar-refractivity contribution in [2.24, 2.45) is 0 Å². The summed E-state index contributed by atoms with van der Waals surface area (Å²) in [5.41, 5.74) is 0. The Kier molecular flexibility index (Phi) is 59.4. The maximum atomic E-state index is 4.07. The normalized spacial score (nSPS) is 12.6. The van der Waals surface area contributed by atoms with E-state index in [1.165, 1.54) is 340 Å². The van der Waals surface area contributed by atoms with Gasteiger partial charge in [0.15, 0.2) is 0 Å². The zero-order valence-corrected chi connectivity index (χ0v) is 45.0. The molecule has 0 fully saturated rings. The van der Waals surface area contributed by atoms with Crippen LogP contribution in [0.4, 0.5) is 0 Å². The van der Waals surface area contributed by atoms with Crippen LogP contribution in [0, 0.1) is 0 Å². The lowest BCUT2D eigenvalue weighted by molar-refractivity contribution is 0.405. The van der Waals surface area contributed by atoms with Crippen LogP contribution in [0.5, 0.6) is 0 Å². The van der Waals surface area contributed by atoms with Crippen molar-refractivity contribution >= 4 is 0 Å². The van der Waals surface area contributed by atoms with Crippen molar-refractivity contribution < 1.29 is 0 Å². The van der Waals surface area contributed by atoms with Crippen LogP contribution in [0.1, 0.15) is 355 Å². The maximum Gasteiger partial charge on any atom is 0.00670 e. The Morgan fingerprint density at radius 2 is 0.406 bits per heavy atom. The first kappa shape index (κ1) is 63.2. The van der Waals surface area contributed by atoms with Gasteiger partial charge in [-0.2, -0.15) is 0 Å². The summed E-state index contributed by atoms with van der Waals surface area (Å²) < 4.78 is 0. The van der Waals surface area contributed by atoms with Crippen molar-refractivity contribution in [2.75, 3.05) is 6.54 Å². The van der Waals surface area contributed by atoms with E-state index in [9.17, 15) is 0 Å². The van der Waals surface area contributed by atoms with Crippen LogP contribution < -0.4 is 5.32 Å². The fraction of sp³-hybridized carbons (Fsp3) is 0.905. The van der Waals surface area contributed by atoms with Gasteiger partial charge in [-0.05, 0) is 103 Å². The Labute approximate surface area is 407 Å². The van der Waals surface area contributed by atoms with E-state index >= 15 is 0 Å². The highest BCUT2D eigenvalue weighted by Crippen LogP contribution is 2.18. The molecule has 0 spiro atoms. The summed E-state index contributed by atoms with van der Waals surface area (Å²) in [7, 11) is 0. The van der Waals surface area contributed by atoms with Gasteiger partial charge in [0.2, 0.25) is 0 Å². The van der Waals surface area contributed by atoms with Gasteiger partial charge in [-0.3, -0.25) is 0 Å².